The van der Waals surface area contributed by atoms with Crippen LogP contribution in [-0.2, 0) is 0 Å². The first-order valence-electron chi connectivity index (χ1n) is 7.30. The van der Waals surface area contributed by atoms with Crippen LogP contribution in [-0.4, -0.2) is 11.1 Å². The van der Waals surface area contributed by atoms with Crippen LogP contribution in [0.1, 0.15) is 57.6 Å². The molecule has 0 saturated heterocycles. The summed E-state index contributed by atoms with van der Waals surface area (Å²) in [4.78, 5) is 0. The minimum absolute atomic E-state index is 0.0148. The maximum Gasteiger partial charge on any atom is 0.131 e. The zero-order valence-electron chi connectivity index (χ0n) is 11.8. The third kappa shape index (κ3) is 3.93. The number of rotatable bonds is 3. The van der Waals surface area contributed by atoms with Gasteiger partial charge >= 0.3 is 0 Å². The van der Waals surface area contributed by atoms with Gasteiger partial charge < -0.3 is 10.4 Å². The van der Waals surface area contributed by atoms with Crippen molar-refractivity contribution in [3.05, 3.63) is 29.6 Å². The van der Waals surface area contributed by atoms with Gasteiger partial charge in [0.1, 0.15) is 11.6 Å². The van der Waals surface area contributed by atoms with E-state index in [0.29, 0.717) is 11.6 Å². The molecule has 106 valence electrons. The van der Waals surface area contributed by atoms with Crippen molar-refractivity contribution in [2.45, 2.75) is 58.0 Å². The monoisotopic (exact) mass is 265 g/mol. The Kier molecular flexibility index (Phi) is 4.81. The molecule has 1 aromatic carbocycles. The molecule has 2 nitrogen and oxygen atoms in total. The molecule has 2 rings (SSSR count). The molecule has 0 radical (unpaired) electrons. The maximum absolute atomic E-state index is 13.8. The van der Waals surface area contributed by atoms with Gasteiger partial charge in [-0.1, -0.05) is 25.8 Å². The van der Waals surface area contributed by atoms with E-state index in [2.05, 4.69) is 12.2 Å². The summed E-state index contributed by atoms with van der Waals surface area (Å²) >= 11 is 0. The van der Waals surface area contributed by atoms with Crippen molar-refractivity contribution in [3.63, 3.8) is 0 Å². The van der Waals surface area contributed by atoms with Crippen LogP contribution in [0.4, 0.5) is 4.39 Å². The molecule has 0 spiro atoms. The summed E-state index contributed by atoms with van der Waals surface area (Å²) < 4.78 is 13.8. The van der Waals surface area contributed by atoms with E-state index >= 15 is 0 Å². The molecule has 0 aromatic heterocycles. The smallest absolute Gasteiger partial charge is 0.131 e. The highest BCUT2D eigenvalue weighted by molar-refractivity contribution is 5.29. The van der Waals surface area contributed by atoms with E-state index in [-0.39, 0.29) is 17.6 Å². The highest BCUT2D eigenvalue weighted by Gasteiger charge is 2.19. The number of phenols is 1. The molecular formula is C16H24FNO. The number of aromatic hydroxyl groups is 1. The molecule has 3 unspecified atom stereocenters. The van der Waals surface area contributed by atoms with Crippen molar-refractivity contribution >= 4 is 0 Å². The van der Waals surface area contributed by atoms with Crippen molar-refractivity contribution in [1.29, 1.82) is 0 Å². The SMILES string of the molecule is CC1CCCC(NC(C)c2ccc(O)cc2F)CC1. The standard InChI is InChI=1S/C16H24FNO/c1-11-4-3-5-13(7-6-11)18-12(2)15-9-8-14(19)10-16(15)17/h8-13,18-19H,3-7H2,1-2H3. The highest BCUT2D eigenvalue weighted by Crippen LogP contribution is 2.26. The Labute approximate surface area is 115 Å². The second kappa shape index (κ2) is 6.38. The number of halogens is 1. The van der Waals surface area contributed by atoms with Gasteiger partial charge in [0.15, 0.2) is 0 Å². The molecular weight excluding hydrogens is 241 g/mol. The summed E-state index contributed by atoms with van der Waals surface area (Å²) in [5, 5.41) is 12.8. The molecule has 0 bridgehead atoms. The summed E-state index contributed by atoms with van der Waals surface area (Å²) in [6.45, 7) is 4.30. The Morgan fingerprint density at radius 1 is 1.26 bits per heavy atom. The molecule has 3 atom stereocenters. The number of benzene rings is 1. The lowest BCUT2D eigenvalue weighted by Crippen LogP contribution is -2.31. The topological polar surface area (TPSA) is 32.3 Å². The third-order valence-electron chi connectivity index (χ3n) is 4.19. The van der Waals surface area contributed by atoms with Gasteiger partial charge in [-0.05, 0) is 38.2 Å². The summed E-state index contributed by atoms with van der Waals surface area (Å²) in [5.41, 5.74) is 0.634. The molecule has 1 aliphatic carbocycles. The zero-order valence-corrected chi connectivity index (χ0v) is 11.8. The van der Waals surface area contributed by atoms with Gasteiger partial charge in [0.2, 0.25) is 0 Å². The lowest BCUT2D eigenvalue weighted by Gasteiger charge is -2.23. The fraction of sp³-hybridized carbons (Fsp3) is 0.625. The van der Waals surface area contributed by atoms with E-state index in [9.17, 15) is 9.50 Å². The number of hydrogen-bond acceptors (Lipinski definition) is 2. The second-order valence-corrected chi connectivity index (χ2v) is 5.90. The minimum atomic E-state index is -0.331. The largest absolute Gasteiger partial charge is 0.508 e. The van der Waals surface area contributed by atoms with Crippen molar-refractivity contribution in [2.75, 3.05) is 0 Å². The van der Waals surface area contributed by atoms with E-state index in [1.165, 1.54) is 38.2 Å². The number of hydrogen-bond donors (Lipinski definition) is 2. The third-order valence-corrected chi connectivity index (χ3v) is 4.19. The van der Waals surface area contributed by atoms with E-state index in [1.807, 2.05) is 6.92 Å². The molecule has 1 fully saturated rings. The van der Waals surface area contributed by atoms with Crippen LogP contribution in [0.5, 0.6) is 5.75 Å². The lowest BCUT2D eigenvalue weighted by atomic mass is 10.0. The Morgan fingerprint density at radius 3 is 2.79 bits per heavy atom. The first-order valence-corrected chi connectivity index (χ1v) is 7.30. The Morgan fingerprint density at radius 2 is 2.05 bits per heavy atom. The van der Waals surface area contributed by atoms with Gasteiger partial charge in [-0.15, -0.1) is 0 Å². The summed E-state index contributed by atoms with van der Waals surface area (Å²) in [6, 6.07) is 4.86. The van der Waals surface area contributed by atoms with E-state index < -0.39 is 0 Å². The number of nitrogens with one attached hydrogen (secondary N) is 1. The van der Waals surface area contributed by atoms with E-state index in [1.54, 1.807) is 12.1 Å². The fourth-order valence-electron chi connectivity index (χ4n) is 2.96. The fourth-order valence-corrected chi connectivity index (χ4v) is 2.96. The first kappa shape index (κ1) is 14.3. The minimum Gasteiger partial charge on any atom is -0.508 e. The molecule has 1 aliphatic rings. The van der Waals surface area contributed by atoms with Crippen LogP contribution in [0.15, 0.2) is 18.2 Å². The van der Waals surface area contributed by atoms with E-state index in [0.717, 1.165) is 5.92 Å². The summed E-state index contributed by atoms with van der Waals surface area (Å²) in [6.07, 6.45) is 6.16. The summed E-state index contributed by atoms with van der Waals surface area (Å²) in [5.74, 6) is 0.464. The van der Waals surface area contributed by atoms with E-state index in [4.69, 9.17) is 0 Å². The molecule has 1 aromatic rings. The maximum atomic E-state index is 13.8. The molecule has 0 amide bonds. The van der Waals surface area contributed by atoms with Crippen LogP contribution in [0.3, 0.4) is 0 Å². The van der Waals surface area contributed by atoms with Crippen LogP contribution >= 0.6 is 0 Å². The van der Waals surface area contributed by atoms with Gasteiger partial charge in [-0.3, -0.25) is 0 Å². The second-order valence-electron chi connectivity index (χ2n) is 5.90. The predicted molar refractivity (Wildman–Crippen MR) is 75.7 cm³/mol. The van der Waals surface area contributed by atoms with Crippen LogP contribution in [0.2, 0.25) is 0 Å². The number of phenolic OH excluding ortho intramolecular Hbond substituents is 1. The van der Waals surface area contributed by atoms with Crippen LogP contribution < -0.4 is 5.32 Å². The van der Waals surface area contributed by atoms with Crippen molar-refractivity contribution in [2.24, 2.45) is 5.92 Å². The average molecular weight is 265 g/mol. The molecule has 0 aliphatic heterocycles. The normalized spacial score (nSPS) is 25.8. The van der Waals surface area contributed by atoms with Crippen molar-refractivity contribution in [1.82, 2.24) is 5.32 Å². The first-order chi connectivity index (χ1) is 9.06. The molecule has 0 heterocycles. The predicted octanol–water partition coefficient (Wildman–Crippen LogP) is 4.15. The van der Waals surface area contributed by atoms with Crippen LogP contribution in [0, 0.1) is 11.7 Å². The lowest BCUT2D eigenvalue weighted by molar-refractivity contribution is 0.399. The van der Waals surface area contributed by atoms with Gasteiger partial charge in [0.25, 0.3) is 0 Å². The molecule has 3 heteroatoms. The Hall–Kier alpha value is -1.09. The van der Waals surface area contributed by atoms with Crippen molar-refractivity contribution < 1.29 is 9.50 Å². The van der Waals surface area contributed by atoms with Gasteiger partial charge in [0.05, 0.1) is 0 Å². The van der Waals surface area contributed by atoms with Crippen molar-refractivity contribution in [3.8, 4) is 5.75 Å². The summed E-state index contributed by atoms with van der Waals surface area (Å²) in [7, 11) is 0. The average Bonchev–Trinajstić information content (AvgIpc) is 2.54. The van der Waals surface area contributed by atoms with Crippen LogP contribution in [0.25, 0.3) is 0 Å². The molecule has 2 N–H and O–H groups in total. The Bertz CT molecular complexity index is 421. The zero-order chi connectivity index (χ0) is 13.8. The molecule has 19 heavy (non-hydrogen) atoms. The molecule has 1 saturated carbocycles. The van der Waals surface area contributed by atoms with Gasteiger partial charge in [-0.2, -0.15) is 0 Å². The quantitative estimate of drug-likeness (QED) is 0.805. The van der Waals surface area contributed by atoms with Gasteiger partial charge in [-0.25, -0.2) is 4.39 Å². The highest BCUT2D eigenvalue weighted by atomic mass is 19.1. The van der Waals surface area contributed by atoms with Gasteiger partial charge in [0, 0.05) is 23.7 Å². The Balaban J connectivity index is 1.98.